The molecule has 4 nitrogen and oxygen atoms in total. The van der Waals surface area contributed by atoms with Gasteiger partial charge in [-0.25, -0.2) is 0 Å². The molecule has 2 aliphatic rings. The second-order valence-electron chi connectivity index (χ2n) is 8.31. The minimum Gasteiger partial charge on any atom is -0.490 e. The zero-order valence-corrected chi connectivity index (χ0v) is 18.4. The maximum atomic E-state index is 6.52. The fraction of sp³-hybridized carbons (Fsp3) is 0.435. The molecule has 2 unspecified atom stereocenters. The Morgan fingerprint density at radius 2 is 1.90 bits per heavy atom. The van der Waals surface area contributed by atoms with Gasteiger partial charge in [0.1, 0.15) is 0 Å². The van der Waals surface area contributed by atoms with Crippen molar-refractivity contribution in [1.29, 1.82) is 0 Å². The van der Waals surface area contributed by atoms with Crippen molar-refractivity contribution in [2.45, 2.75) is 32.9 Å². The van der Waals surface area contributed by atoms with Crippen molar-refractivity contribution >= 4 is 28.9 Å². The van der Waals surface area contributed by atoms with Gasteiger partial charge in [-0.3, -0.25) is 4.90 Å². The van der Waals surface area contributed by atoms with Crippen molar-refractivity contribution in [2.75, 3.05) is 19.7 Å². The smallest absolute Gasteiger partial charge is 0.156 e. The van der Waals surface area contributed by atoms with E-state index >= 15 is 0 Å². The van der Waals surface area contributed by atoms with Crippen LogP contribution in [0.2, 0.25) is 10.0 Å². The molecule has 1 saturated heterocycles. The summed E-state index contributed by atoms with van der Waals surface area (Å²) >= 11 is 13.0. The zero-order chi connectivity index (χ0) is 20.4. The summed E-state index contributed by atoms with van der Waals surface area (Å²) in [5.74, 6) is 1.30. The van der Waals surface area contributed by atoms with Crippen LogP contribution >= 0.6 is 23.2 Å². The van der Waals surface area contributed by atoms with Gasteiger partial charge in [-0.2, -0.15) is 5.10 Å². The lowest BCUT2D eigenvalue weighted by atomic mass is 9.86. The molecule has 29 heavy (non-hydrogen) atoms. The standard InChI is InChI=1S/C23H27Cl2N3O/c1-15(2)14-29-23-19(24)10-17(11-20(23)25)22-18-13-28(9-8-21(18)26-27-22)12-16-6-4-3-5-7-16/h3-7,10-11,15,18,22,27H,8-9,12-14H2,1-2H3. The number of hydrogen-bond donors (Lipinski definition) is 1. The van der Waals surface area contributed by atoms with Crippen LogP contribution in [0.1, 0.15) is 37.4 Å². The number of ether oxygens (including phenoxy) is 1. The van der Waals surface area contributed by atoms with Gasteiger partial charge in [0.05, 0.1) is 22.7 Å². The summed E-state index contributed by atoms with van der Waals surface area (Å²) in [6, 6.07) is 14.6. The molecule has 6 heteroatoms. The summed E-state index contributed by atoms with van der Waals surface area (Å²) in [5, 5.41) is 5.73. The Kier molecular flexibility index (Phi) is 6.33. The number of hydrogen-bond acceptors (Lipinski definition) is 4. The van der Waals surface area contributed by atoms with Gasteiger partial charge >= 0.3 is 0 Å². The normalized spacial score (nSPS) is 21.6. The summed E-state index contributed by atoms with van der Waals surface area (Å²) < 4.78 is 5.82. The van der Waals surface area contributed by atoms with Crippen LogP contribution < -0.4 is 10.2 Å². The molecule has 0 spiro atoms. The number of hydrazone groups is 1. The quantitative estimate of drug-likeness (QED) is 0.650. The van der Waals surface area contributed by atoms with Gasteiger partial charge in [-0.1, -0.05) is 67.4 Å². The Bertz CT molecular complexity index is 862. The number of halogens is 2. The van der Waals surface area contributed by atoms with E-state index in [9.17, 15) is 0 Å². The predicted octanol–water partition coefficient (Wildman–Crippen LogP) is 5.55. The molecule has 4 rings (SSSR count). The Balaban J connectivity index is 1.49. The van der Waals surface area contributed by atoms with Gasteiger partial charge in [0.15, 0.2) is 5.75 Å². The van der Waals surface area contributed by atoms with Crippen LogP contribution in [0.25, 0.3) is 0 Å². The van der Waals surface area contributed by atoms with E-state index in [1.54, 1.807) is 0 Å². The molecule has 2 aromatic carbocycles. The monoisotopic (exact) mass is 431 g/mol. The molecule has 0 amide bonds. The number of rotatable bonds is 6. The molecule has 0 aromatic heterocycles. The predicted molar refractivity (Wildman–Crippen MR) is 120 cm³/mol. The highest BCUT2D eigenvalue weighted by Crippen LogP contribution is 2.40. The number of benzene rings is 2. The van der Waals surface area contributed by atoms with Gasteiger partial charge < -0.3 is 10.2 Å². The number of nitrogens with zero attached hydrogens (tertiary/aromatic N) is 2. The molecule has 0 aliphatic carbocycles. The molecule has 2 heterocycles. The Labute approximate surface area is 182 Å². The van der Waals surface area contributed by atoms with Crippen LogP contribution in [-0.4, -0.2) is 30.3 Å². The van der Waals surface area contributed by atoms with Crippen molar-refractivity contribution in [3.8, 4) is 5.75 Å². The van der Waals surface area contributed by atoms with E-state index in [1.165, 1.54) is 11.3 Å². The Hall–Kier alpha value is -1.75. The van der Waals surface area contributed by atoms with Crippen molar-refractivity contribution in [3.63, 3.8) is 0 Å². The van der Waals surface area contributed by atoms with Crippen LogP contribution in [0.5, 0.6) is 5.75 Å². The van der Waals surface area contributed by atoms with Gasteiger partial charge in [-0.05, 0) is 29.2 Å². The Morgan fingerprint density at radius 3 is 2.59 bits per heavy atom. The molecule has 1 N–H and O–H groups in total. The van der Waals surface area contributed by atoms with Crippen molar-refractivity contribution in [2.24, 2.45) is 16.9 Å². The van der Waals surface area contributed by atoms with E-state index < -0.39 is 0 Å². The third-order valence-electron chi connectivity index (χ3n) is 5.51. The summed E-state index contributed by atoms with van der Waals surface area (Å²) in [7, 11) is 0. The van der Waals surface area contributed by atoms with Crippen LogP contribution in [0.3, 0.4) is 0 Å². The summed E-state index contributed by atoms with van der Waals surface area (Å²) in [6.45, 7) is 7.74. The van der Waals surface area contributed by atoms with Gasteiger partial charge in [-0.15, -0.1) is 0 Å². The minimum atomic E-state index is 0.0812. The van der Waals surface area contributed by atoms with Crippen molar-refractivity contribution < 1.29 is 4.74 Å². The maximum Gasteiger partial charge on any atom is 0.156 e. The lowest BCUT2D eigenvalue weighted by Crippen LogP contribution is -2.41. The first kappa shape index (κ1) is 20.5. The number of likely N-dealkylation sites (tertiary alicyclic amines) is 1. The topological polar surface area (TPSA) is 36.9 Å². The molecular formula is C23H27Cl2N3O. The summed E-state index contributed by atoms with van der Waals surface area (Å²) in [5.41, 5.74) is 6.97. The van der Waals surface area contributed by atoms with E-state index in [4.69, 9.17) is 27.9 Å². The van der Waals surface area contributed by atoms with Crippen LogP contribution in [0, 0.1) is 11.8 Å². The molecular weight excluding hydrogens is 405 g/mol. The fourth-order valence-electron chi connectivity index (χ4n) is 4.05. The third-order valence-corrected chi connectivity index (χ3v) is 6.07. The van der Waals surface area contributed by atoms with Crippen LogP contribution in [0.4, 0.5) is 0 Å². The van der Waals surface area contributed by atoms with E-state index in [0.717, 1.165) is 31.6 Å². The van der Waals surface area contributed by atoms with Gasteiger partial charge in [0.25, 0.3) is 0 Å². The lowest BCUT2D eigenvalue weighted by molar-refractivity contribution is 0.220. The van der Waals surface area contributed by atoms with Crippen LogP contribution in [0.15, 0.2) is 47.6 Å². The highest BCUT2D eigenvalue weighted by molar-refractivity contribution is 6.37. The zero-order valence-electron chi connectivity index (χ0n) is 16.9. The van der Waals surface area contributed by atoms with Gasteiger partial charge in [0.2, 0.25) is 0 Å². The second kappa shape index (κ2) is 8.95. The molecule has 0 bridgehead atoms. The lowest BCUT2D eigenvalue weighted by Gasteiger charge is -2.33. The summed E-state index contributed by atoms with van der Waals surface area (Å²) in [6.07, 6.45) is 0.984. The number of piperidine rings is 1. The highest BCUT2D eigenvalue weighted by Gasteiger charge is 2.37. The average molecular weight is 432 g/mol. The largest absolute Gasteiger partial charge is 0.490 e. The van der Waals surface area contributed by atoms with E-state index in [1.807, 2.05) is 12.1 Å². The first-order valence-electron chi connectivity index (χ1n) is 10.2. The van der Waals surface area contributed by atoms with Crippen LogP contribution in [-0.2, 0) is 6.54 Å². The number of fused-ring (bicyclic) bond motifs is 1. The SMILES string of the molecule is CC(C)COc1c(Cl)cc(C2NN=C3CCN(Cc4ccccc4)CC32)cc1Cl. The molecule has 2 aromatic rings. The summed E-state index contributed by atoms with van der Waals surface area (Å²) in [4.78, 5) is 2.50. The molecule has 2 atom stereocenters. The van der Waals surface area contributed by atoms with Gasteiger partial charge in [0, 0.05) is 37.7 Å². The molecule has 0 radical (unpaired) electrons. The first-order chi connectivity index (χ1) is 14.0. The third kappa shape index (κ3) is 4.71. The molecule has 154 valence electrons. The number of nitrogens with one attached hydrogen (secondary N) is 1. The highest BCUT2D eigenvalue weighted by atomic mass is 35.5. The average Bonchev–Trinajstić information content (AvgIpc) is 3.11. The Morgan fingerprint density at radius 1 is 1.17 bits per heavy atom. The fourth-order valence-corrected chi connectivity index (χ4v) is 4.66. The first-order valence-corrected chi connectivity index (χ1v) is 11.0. The second-order valence-corrected chi connectivity index (χ2v) is 9.12. The molecule has 2 aliphatic heterocycles. The van der Waals surface area contributed by atoms with Crippen molar-refractivity contribution in [3.05, 3.63) is 63.6 Å². The maximum absolute atomic E-state index is 6.52. The van der Waals surface area contributed by atoms with Crippen molar-refractivity contribution in [1.82, 2.24) is 10.3 Å². The van der Waals surface area contributed by atoms with E-state index in [2.05, 4.69) is 59.6 Å². The van der Waals surface area contributed by atoms with E-state index in [0.29, 0.717) is 34.2 Å². The minimum absolute atomic E-state index is 0.0812. The molecule has 0 saturated carbocycles. The molecule has 1 fully saturated rings. The van der Waals surface area contributed by atoms with E-state index in [-0.39, 0.29) is 6.04 Å².